The van der Waals surface area contributed by atoms with E-state index in [1.165, 1.54) is 0 Å². The van der Waals surface area contributed by atoms with Crippen molar-refractivity contribution < 1.29 is 18.7 Å². The van der Waals surface area contributed by atoms with Crippen LogP contribution in [0, 0.1) is 0 Å². The molecule has 0 radical (unpaired) electrons. The third-order valence-electron chi connectivity index (χ3n) is 5.02. The number of furan rings is 1. The molecule has 168 valence electrons. The highest BCUT2D eigenvalue weighted by atomic mass is 127. The van der Waals surface area contributed by atoms with Gasteiger partial charge in [-0.2, -0.15) is 0 Å². The third kappa shape index (κ3) is 6.84. The zero-order valence-corrected chi connectivity index (χ0v) is 19.7. The van der Waals surface area contributed by atoms with Crippen molar-refractivity contribution in [1.29, 1.82) is 0 Å². The minimum absolute atomic E-state index is 0. The second-order valence-electron chi connectivity index (χ2n) is 7.06. The van der Waals surface area contributed by atoms with Crippen LogP contribution in [0.3, 0.4) is 0 Å². The van der Waals surface area contributed by atoms with Crippen molar-refractivity contribution in [3.63, 3.8) is 0 Å². The molecule has 1 aromatic rings. The number of morpholine rings is 1. The fourth-order valence-corrected chi connectivity index (χ4v) is 3.40. The lowest BCUT2D eigenvalue weighted by Gasteiger charge is -2.37. The SMILES string of the molecule is CCNC(=NCc1ccc(C(N)=O)o1)N1CCN(CC(=O)N2CCOCC2)CC1.I. The number of halogens is 1. The number of nitrogens with zero attached hydrogens (tertiary/aromatic N) is 4. The summed E-state index contributed by atoms with van der Waals surface area (Å²) in [6.07, 6.45) is 0. The number of primary amides is 1. The molecule has 11 heteroatoms. The van der Waals surface area contributed by atoms with Gasteiger partial charge in [-0.1, -0.05) is 0 Å². The molecule has 0 saturated carbocycles. The average molecular weight is 534 g/mol. The predicted molar refractivity (Wildman–Crippen MR) is 123 cm³/mol. The van der Waals surface area contributed by atoms with Crippen LogP contribution in [0.15, 0.2) is 21.5 Å². The highest BCUT2D eigenvalue weighted by Gasteiger charge is 2.24. The van der Waals surface area contributed by atoms with E-state index in [0.717, 1.165) is 38.7 Å². The molecule has 0 aliphatic carbocycles. The summed E-state index contributed by atoms with van der Waals surface area (Å²) in [5, 5.41) is 3.29. The Balaban J connectivity index is 0.00000320. The van der Waals surface area contributed by atoms with Crippen LogP contribution >= 0.6 is 24.0 Å². The number of nitrogens with two attached hydrogens (primary N) is 1. The number of aliphatic imine (C=N–C) groups is 1. The van der Waals surface area contributed by atoms with Crippen LogP contribution in [0.25, 0.3) is 0 Å². The molecule has 0 bridgehead atoms. The molecule has 3 heterocycles. The minimum Gasteiger partial charge on any atom is -0.454 e. The summed E-state index contributed by atoms with van der Waals surface area (Å²) in [6, 6.07) is 3.27. The van der Waals surface area contributed by atoms with Gasteiger partial charge in [-0.15, -0.1) is 24.0 Å². The van der Waals surface area contributed by atoms with Crippen molar-refractivity contribution >= 4 is 41.8 Å². The highest BCUT2D eigenvalue weighted by Crippen LogP contribution is 2.10. The maximum Gasteiger partial charge on any atom is 0.284 e. The van der Waals surface area contributed by atoms with E-state index in [9.17, 15) is 9.59 Å². The molecule has 30 heavy (non-hydrogen) atoms. The molecule has 1 aromatic heterocycles. The van der Waals surface area contributed by atoms with Gasteiger partial charge in [-0.25, -0.2) is 4.99 Å². The molecule has 10 nitrogen and oxygen atoms in total. The van der Waals surface area contributed by atoms with Crippen LogP contribution in [0.2, 0.25) is 0 Å². The molecule has 2 aliphatic heterocycles. The van der Waals surface area contributed by atoms with E-state index in [0.29, 0.717) is 45.2 Å². The van der Waals surface area contributed by atoms with Gasteiger partial charge >= 0.3 is 0 Å². The molecule has 0 spiro atoms. The van der Waals surface area contributed by atoms with E-state index < -0.39 is 5.91 Å². The van der Waals surface area contributed by atoms with Gasteiger partial charge in [-0.3, -0.25) is 14.5 Å². The van der Waals surface area contributed by atoms with Gasteiger partial charge in [0.25, 0.3) is 5.91 Å². The summed E-state index contributed by atoms with van der Waals surface area (Å²) in [5.74, 6) is 1.10. The van der Waals surface area contributed by atoms with E-state index in [-0.39, 0.29) is 35.6 Å². The number of carbonyl (C=O) groups excluding carboxylic acids is 2. The van der Waals surface area contributed by atoms with E-state index >= 15 is 0 Å². The monoisotopic (exact) mass is 534 g/mol. The number of rotatable bonds is 6. The second-order valence-corrected chi connectivity index (χ2v) is 7.06. The summed E-state index contributed by atoms with van der Waals surface area (Å²) >= 11 is 0. The fourth-order valence-electron chi connectivity index (χ4n) is 3.40. The Kier molecular flexibility index (Phi) is 9.85. The highest BCUT2D eigenvalue weighted by molar-refractivity contribution is 14.0. The predicted octanol–water partition coefficient (Wildman–Crippen LogP) is -0.0616. The first-order valence-electron chi connectivity index (χ1n) is 10.1. The molecule has 3 rings (SSSR count). The molecule has 0 aromatic carbocycles. The van der Waals surface area contributed by atoms with Crippen LogP contribution in [0.1, 0.15) is 23.2 Å². The summed E-state index contributed by atoms with van der Waals surface area (Å²) in [5.41, 5.74) is 5.22. The summed E-state index contributed by atoms with van der Waals surface area (Å²) in [6.45, 7) is 9.32. The van der Waals surface area contributed by atoms with Gasteiger partial charge in [0.05, 0.1) is 19.8 Å². The zero-order chi connectivity index (χ0) is 20.6. The van der Waals surface area contributed by atoms with Crippen LogP contribution in [0.5, 0.6) is 0 Å². The number of nitrogens with one attached hydrogen (secondary N) is 1. The maximum absolute atomic E-state index is 12.4. The number of amides is 2. The number of hydrogen-bond donors (Lipinski definition) is 2. The molecule has 0 unspecified atom stereocenters. The normalized spacial score (nSPS) is 18.1. The lowest BCUT2D eigenvalue weighted by Crippen LogP contribution is -2.54. The first-order valence-corrected chi connectivity index (χ1v) is 10.1. The van der Waals surface area contributed by atoms with Crippen molar-refractivity contribution in [3.05, 3.63) is 23.7 Å². The van der Waals surface area contributed by atoms with E-state index in [2.05, 4.69) is 20.1 Å². The largest absolute Gasteiger partial charge is 0.454 e. The molecule has 0 atom stereocenters. The van der Waals surface area contributed by atoms with E-state index in [1.54, 1.807) is 12.1 Å². The van der Waals surface area contributed by atoms with Gasteiger partial charge in [0, 0.05) is 45.8 Å². The summed E-state index contributed by atoms with van der Waals surface area (Å²) < 4.78 is 10.7. The minimum atomic E-state index is -0.588. The molecular weight excluding hydrogens is 503 g/mol. The van der Waals surface area contributed by atoms with Gasteiger partial charge in [0.1, 0.15) is 12.3 Å². The first-order chi connectivity index (χ1) is 14.1. The van der Waals surface area contributed by atoms with Crippen molar-refractivity contribution in [2.45, 2.75) is 13.5 Å². The molecule has 2 fully saturated rings. The summed E-state index contributed by atoms with van der Waals surface area (Å²) in [7, 11) is 0. The van der Waals surface area contributed by atoms with Gasteiger partial charge in [-0.05, 0) is 19.1 Å². The van der Waals surface area contributed by atoms with Crippen molar-refractivity contribution in [2.75, 3.05) is 65.6 Å². The van der Waals surface area contributed by atoms with E-state index in [4.69, 9.17) is 14.9 Å². The number of carbonyl (C=O) groups is 2. The Morgan fingerprint density at radius 2 is 1.80 bits per heavy atom. The maximum atomic E-state index is 12.4. The quantitative estimate of drug-likeness (QED) is 0.299. The van der Waals surface area contributed by atoms with Gasteiger partial charge < -0.3 is 30.0 Å². The van der Waals surface area contributed by atoms with Gasteiger partial charge in [0.15, 0.2) is 11.7 Å². The molecule has 2 saturated heterocycles. The standard InChI is InChI=1S/C19H30N6O4.HI/c1-2-21-19(22-13-15-3-4-16(29-15)18(20)27)25-7-5-23(6-8-25)14-17(26)24-9-11-28-12-10-24;/h3-4H,2,5-14H2,1H3,(H2,20,27)(H,21,22);1H. The Bertz CT molecular complexity index is 726. The Hall–Kier alpha value is -1.86. The van der Waals surface area contributed by atoms with Crippen LogP contribution in [0.4, 0.5) is 0 Å². The lowest BCUT2D eigenvalue weighted by molar-refractivity contribution is -0.136. The number of hydrogen-bond acceptors (Lipinski definition) is 6. The van der Waals surface area contributed by atoms with Crippen LogP contribution < -0.4 is 11.1 Å². The lowest BCUT2D eigenvalue weighted by atomic mass is 10.3. The smallest absolute Gasteiger partial charge is 0.284 e. The van der Waals surface area contributed by atoms with Crippen LogP contribution in [-0.4, -0.2) is 98.0 Å². The molecular formula is C19H31IN6O4. The topological polar surface area (TPSA) is 117 Å². The third-order valence-corrected chi connectivity index (χ3v) is 5.02. The molecule has 3 N–H and O–H groups in total. The number of piperazine rings is 1. The van der Waals surface area contributed by atoms with Crippen molar-refractivity contribution in [3.8, 4) is 0 Å². The Labute approximate surface area is 193 Å². The Morgan fingerprint density at radius 1 is 1.10 bits per heavy atom. The number of ether oxygens (including phenoxy) is 1. The van der Waals surface area contributed by atoms with Crippen molar-refractivity contribution in [1.82, 2.24) is 20.0 Å². The fraction of sp³-hybridized carbons (Fsp3) is 0.632. The molecule has 2 amide bonds. The van der Waals surface area contributed by atoms with E-state index in [1.807, 2.05) is 11.8 Å². The van der Waals surface area contributed by atoms with Crippen LogP contribution in [-0.2, 0) is 16.1 Å². The van der Waals surface area contributed by atoms with Crippen molar-refractivity contribution in [2.24, 2.45) is 10.7 Å². The molecule has 2 aliphatic rings. The number of guanidine groups is 1. The summed E-state index contributed by atoms with van der Waals surface area (Å²) in [4.78, 5) is 34.4. The average Bonchev–Trinajstić information content (AvgIpc) is 3.22. The zero-order valence-electron chi connectivity index (χ0n) is 17.3. The second kappa shape index (κ2) is 12.1. The van der Waals surface area contributed by atoms with Gasteiger partial charge in [0.2, 0.25) is 5.91 Å². The first kappa shape index (κ1) is 24.4. The Morgan fingerprint density at radius 3 is 2.40 bits per heavy atom.